The largest absolute Gasteiger partial charge is 0.497 e. The Hall–Kier alpha value is -3.04. The monoisotopic (exact) mass is 475 g/mol. The average molecular weight is 476 g/mol. The third-order valence-electron chi connectivity index (χ3n) is 5.32. The van der Waals surface area contributed by atoms with Crippen LogP contribution in [0.4, 0.5) is 5.69 Å². The standard InChI is InChI=1S/C22H22ClN3O5S/c1-30-17-6-3-14(4-7-17)20-12-19(25-26(20)16-9-10-32(28,29)13-16)22(27)24-18-11-15(23)5-8-21(18)31-2/h3-8,11-12,16H,9-10,13H2,1-2H3,(H,24,27). The fourth-order valence-corrected chi connectivity index (χ4v) is 5.56. The smallest absolute Gasteiger partial charge is 0.276 e. The van der Waals surface area contributed by atoms with Crippen LogP contribution in [0.3, 0.4) is 0 Å². The van der Waals surface area contributed by atoms with Crippen LogP contribution < -0.4 is 14.8 Å². The van der Waals surface area contributed by atoms with Gasteiger partial charge >= 0.3 is 0 Å². The number of nitrogens with one attached hydrogen (secondary N) is 1. The lowest BCUT2D eigenvalue weighted by molar-refractivity contribution is 0.102. The summed E-state index contributed by atoms with van der Waals surface area (Å²) in [5.41, 5.74) is 2.01. The van der Waals surface area contributed by atoms with E-state index in [0.717, 1.165) is 5.56 Å². The number of hydrogen-bond acceptors (Lipinski definition) is 6. The molecule has 1 amide bonds. The number of aromatic nitrogens is 2. The van der Waals surface area contributed by atoms with Crippen molar-refractivity contribution in [2.45, 2.75) is 12.5 Å². The first-order valence-electron chi connectivity index (χ1n) is 9.89. The second-order valence-electron chi connectivity index (χ2n) is 7.44. The predicted octanol–water partition coefficient (Wildman–Crippen LogP) is 3.83. The van der Waals surface area contributed by atoms with Gasteiger partial charge in [0, 0.05) is 10.6 Å². The molecule has 0 bridgehead atoms. The van der Waals surface area contributed by atoms with Crippen LogP contribution in [-0.2, 0) is 9.84 Å². The third kappa shape index (κ3) is 4.58. The number of anilines is 1. The first-order valence-corrected chi connectivity index (χ1v) is 12.1. The first kappa shape index (κ1) is 22.2. The van der Waals surface area contributed by atoms with Gasteiger partial charge in [0.25, 0.3) is 5.91 Å². The molecule has 0 saturated carbocycles. The van der Waals surface area contributed by atoms with Gasteiger partial charge in [-0.15, -0.1) is 0 Å². The van der Waals surface area contributed by atoms with Gasteiger partial charge in [-0.1, -0.05) is 11.6 Å². The number of carbonyl (C=O) groups is 1. The van der Waals surface area contributed by atoms with E-state index >= 15 is 0 Å². The zero-order chi connectivity index (χ0) is 22.9. The van der Waals surface area contributed by atoms with Gasteiger partial charge in [-0.25, -0.2) is 8.42 Å². The van der Waals surface area contributed by atoms with E-state index in [4.69, 9.17) is 21.1 Å². The van der Waals surface area contributed by atoms with Gasteiger partial charge in [-0.3, -0.25) is 9.48 Å². The Morgan fingerprint density at radius 2 is 1.88 bits per heavy atom. The van der Waals surface area contributed by atoms with E-state index in [2.05, 4.69) is 10.4 Å². The molecule has 1 aliphatic rings. The Morgan fingerprint density at radius 1 is 1.12 bits per heavy atom. The Labute approximate surface area is 191 Å². The molecule has 1 aliphatic heterocycles. The van der Waals surface area contributed by atoms with Crippen LogP contribution in [0.5, 0.6) is 11.5 Å². The minimum Gasteiger partial charge on any atom is -0.497 e. The molecule has 8 nitrogen and oxygen atoms in total. The van der Waals surface area contributed by atoms with Crippen LogP contribution in [-0.4, -0.2) is 49.8 Å². The second kappa shape index (κ2) is 8.84. The van der Waals surface area contributed by atoms with Crippen LogP contribution >= 0.6 is 11.6 Å². The number of carbonyl (C=O) groups excluding carboxylic acids is 1. The zero-order valence-electron chi connectivity index (χ0n) is 17.5. The summed E-state index contributed by atoms with van der Waals surface area (Å²) in [4.78, 5) is 13.0. The molecule has 1 unspecified atom stereocenters. The third-order valence-corrected chi connectivity index (χ3v) is 7.30. The fourth-order valence-electron chi connectivity index (χ4n) is 3.69. The van der Waals surface area contributed by atoms with Crippen molar-refractivity contribution in [3.63, 3.8) is 0 Å². The summed E-state index contributed by atoms with van der Waals surface area (Å²) in [6.45, 7) is 0. The van der Waals surface area contributed by atoms with Gasteiger partial charge < -0.3 is 14.8 Å². The van der Waals surface area contributed by atoms with Crippen molar-refractivity contribution in [3.8, 4) is 22.8 Å². The summed E-state index contributed by atoms with van der Waals surface area (Å²) in [6, 6.07) is 13.5. The van der Waals surface area contributed by atoms with Crippen molar-refractivity contribution in [2.75, 3.05) is 31.0 Å². The molecule has 2 heterocycles. The first-order chi connectivity index (χ1) is 15.3. The highest BCUT2D eigenvalue weighted by Crippen LogP contribution is 2.32. The molecule has 1 N–H and O–H groups in total. The van der Waals surface area contributed by atoms with Crippen molar-refractivity contribution < 1.29 is 22.7 Å². The number of hydrogen-bond donors (Lipinski definition) is 1. The Bertz CT molecular complexity index is 1260. The van der Waals surface area contributed by atoms with E-state index in [0.29, 0.717) is 34.3 Å². The maximum Gasteiger partial charge on any atom is 0.276 e. The molecule has 2 aromatic carbocycles. The van der Waals surface area contributed by atoms with E-state index < -0.39 is 15.7 Å². The minimum absolute atomic E-state index is 0.0129. The van der Waals surface area contributed by atoms with Crippen molar-refractivity contribution in [2.24, 2.45) is 0 Å². The highest BCUT2D eigenvalue weighted by molar-refractivity contribution is 7.91. The molecular formula is C22H22ClN3O5S. The van der Waals surface area contributed by atoms with Gasteiger partial charge in [-0.2, -0.15) is 5.10 Å². The number of sulfone groups is 1. The number of rotatable bonds is 6. The molecule has 0 radical (unpaired) electrons. The number of methoxy groups -OCH3 is 2. The summed E-state index contributed by atoms with van der Waals surface area (Å²) >= 11 is 6.06. The quantitative estimate of drug-likeness (QED) is 0.581. The topological polar surface area (TPSA) is 99.5 Å². The van der Waals surface area contributed by atoms with Gasteiger partial charge in [0.1, 0.15) is 11.5 Å². The molecule has 1 atom stereocenters. The summed E-state index contributed by atoms with van der Waals surface area (Å²) in [5.74, 6) is 0.774. The van der Waals surface area contributed by atoms with E-state index in [-0.39, 0.29) is 23.2 Å². The molecule has 10 heteroatoms. The number of nitrogens with zero attached hydrogens (tertiary/aromatic N) is 2. The number of halogens is 1. The van der Waals surface area contributed by atoms with E-state index in [1.165, 1.54) is 7.11 Å². The summed E-state index contributed by atoms with van der Waals surface area (Å²) in [7, 11) is -0.0646. The van der Waals surface area contributed by atoms with Crippen molar-refractivity contribution in [1.82, 2.24) is 9.78 Å². The maximum atomic E-state index is 13.0. The number of ether oxygens (including phenoxy) is 2. The van der Waals surface area contributed by atoms with Crippen LogP contribution in [0.25, 0.3) is 11.3 Å². The van der Waals surface area contributed by atoms with Gasteiger partial charge in [0.05, 0.1) is 43.1 Å². The Kier molecular flexibility index (Phi) is 6.12. The predicted molar refractivity (Wildman–Crippen MR) is 122 cm³/mol. The lowest BCUT2D eigenvalue weighted by atomic mass is 10.1. The molecule has 0 spiro atoms. The highest BCUT2D eigenvalue weighted by atomic mass is 35.5. The van der Waals surface area contributed by atoms with Crippen molar-refractivity contribution in [3.05, 3.63) is 59.2 Å². The van der Waals surface area contributed by atoms with Crippen LogP contribution in [0.1, 0.15) is 23.0 Å². The molecule has 0 aliphatic carbocycles. The minimum atomic E-state index is -3.14. The number of benzene rings is 2. The van der Waals surface area contributed by atoms with Crippen LogP contribution in [0.2, 0.25) is 5.02 Å². The van der Waals surface area contributed by atoms with Crippen molar-refractivity contribution >= 4 is 33.0 Å². The van der Waals surface area contributed by atoms with Gasteiger partial charge in [0.2, 0.25) is 0 Å². The van der Waals surface area contributed by atoms with Gasteiger partial charge in [0.15, 0.2) is 15.5 Å². The zero-order valence-corrected chi connectivity index (χ0v) is 19.1. The Balaban J connectivity index is 1.71. The summed E-state index contributed by atoms with van der Waals surface area (Å²) in [6.07, 6.45) is 0.441. The maximum absolute atomic E-state index is 13.0. The van der Waals surface area contributed by atoms with Gasteiger partial charge in [-0.05, 0) is 55.0 Å². The fraction of sp³-hybridized carbons (Fsp3) is 0.273. The molecule has 3 aromatic rings. The molecule has 168 valence electrons. The van der Waals surface area contributed by atoms with E-state index in [9.17, 15) is 13.2 Å². The summed E-state index contributed by atoms with van der Waals surface area (Å²) < 4.78 is 36.3. The highest BCUT2D eigenvalue weighted by Gasteiger charge is 2.32. The summed E-state index contributed by atoms with van der Waals surface area (Å²) in [5, 5.41) is 7.71. The normalized spacial score (nSPS) is 17.2. The van der Waals surface area contributed by atoms with Crippen molar-refractivity contribution in [1.29, 1.82) is 0 Å². The molecule has 1 fully saturated rings. The van der Waals surface area contributed by atoms with Crippen LogP contribution in [0, 0.1) is 0 Å². The number of amides is 1. The van der Waals surface area contributed by atoms with E-state index in [1.807, 2.05) is 12.1 Å². The molecule has 4 rings (SSSR count). The molecule has 1 saturated heterocycles. The lowest BCUT2D eigenvalue weighted by Gasteiger charge is -2.13. The molecule has 32 heavy (non-hydrogen) atoms. The SMILES string of the molecule is COc1ccc(-c2cc(C(=O)Nc3cc(Cl)ccc3OC)nn2C2CCS(=O)(=O)C2)cc1. The van der Waals surface area contributed by atoms with E-state index in [1.54, 1.807) is 48.2 Å². The molecular weight excluding hydrogens is 454 g/mol. The average Bonchev–Trinajstić information content (AvgIpc) is 3.37. The second-order valence-corrected chi connectivity index (χ2v) is 10.1. The van der Waals surface area contributed by atoms with Crippen LogP contribution in [0.15, 0.2) is 48.5 Å². The lowest BCUT2D eigenvalue weighted by Crippen LogP contribution is -2.17. The molecule has 1 aromatic heterocycles. The Morgan fingerprint density at radius 3 is 2.50 bits per heavy atom.